The third-order valence-electron chi connectivity index (χ3n) is 4.63. The average molecular weight is 337 g/mol. The number of thiophene rings is 1. The van der Waals surface area contributed by atoms with Crippen LogP contribution < -0.4 is 5.32 Å². The Bertz CT molecular complexity index is 466. The van der Waals surface area contributed by atoms with Gasteiger partial charge in [0.15, 0.2) is 0 Å². The maximum atomic E-state index is 12.0. The van der Waals surface area contributed by atoms with Crippen LogP contribution >= 0.6 is 11.3 Å². The molecule has 0 spiro atoms. The highest BCUT2D eigenvalue weighted by atomic mass is 32.1. The van der Waals surface area contributed by atoms with Crippen molar-refractivity contribution in [1.82, 2.24) is 15.1 Å². The molecule has 0 aliphatic carbocycles. The Balaban J connectivity index is 1.28. The van der Waals surface area contributed by atoms with Gasteiger partial charge in [0.25, 0.3) is 0 Å². The molecule has 1 atom stereocenters. The lowest BCUT2D eigenvalue weighted by Gasteiger charge is -2.35. The quantitative estimate of drug-likeness (QED) is 0.812. The minimum Gasteiger partial charge on any atom is -0.377 e. The number of nitrogens with zero attached hydrogens (tertiary/aromatic N) is 2. The summed E-state index contributed by atoms with van der Waals surface area (Å²) in [5.41, 5.74) is 1.30. The number of nitrogens with one attached hydrogen (secondary N) is 1. The van der Waals surface area contributed by atoms with E-state index in [0.717, 1.165) is 52.3 Å². The van der Waals surface area contributed by atoms with Gasteiger partial charge in [-0.1, -0.05) is 0 Å². The lowest BCUT2D eigenvalue weighted by Crippen LogP contribution is -2.51. The number of hydrogen-bond donors (Lipinski definition) is 1. The summed E-state index contributed by atoms with van der Waals surface area (Å²) >= 11 is 1.70. The molecular formula is C17H27N3O2S. The predicted molar refractivity (Wildman–Crippen MR) is 92.9 cm³/mol. The molecule has 0 aromatic carbocycles. The number of rotatable bonds is 7. The Labute approximate surface area is 142 Å². The lowest BCUT2D eigenvalue weighted by atomic mass is 10.2. The number of carbonyl (C=O) groups is 1. The van der Waals surface area contributed by atoms with E-state index in [1.165, 1.54) is 18.4 Å². The van der Waals surface area contributed by atoms with E-state index >= 15 is 0 Å². The Morgan fingerprint density at radius 1 is 1.30 bits per heavy atom. The molecule has 2 fully saturated rings. The first-order valence-electron chi connectivity index (χ1n) is 8.64. The van der Waals surface area contributed by atoms with E-state index in [0.29, 0.717) is 12.6 Å². The highest BCUT2D eigenvalue weighted by Crippen LogP contribution is 2.14. The zero-order valence-electron chi connectivity index (χ0n) is 13.7. The molecule has 1 aromatic rings. The third-order valence-corrected chi connectivity index (χ3v) is 5.37. The number of piperazine rings is 1. The second kappa shape index (κ2) is 8.78. The van der Waals surface area contributed by atoms with Gasteiger partial charge < -0.3 is 10.1 Å². The number of amides is 1. The molecule has 5 nitrogen and oxygen atoms in total. The molecule has 0 unspecified atom stereocenters. The van der Waals surface area contributed by atoms with Crippen LogP contribution in [0.1, 0.15) is 18.4 Å². The van der Waals surface area contributed by atoms with E-state index in [1.54, 1.807) is 11.3 Å². The van der Waals surface area contributed by atoms with Gasteiger partial charge in [-0.05, 0) is 41.7 Å². The van der Waals surface area contributed by atoms with Crippen LogP contribution in [0.4, 0.5) is 0 Å². The fourth-order valence-corrected chi connectivity index (χ4v) is 3.95. The van der Waals surface area contributed by atoms with Crippen molar-refractivity contribution in [3.05, 3.63) is 22.4 Å². The molecule has 2 saturated heterocycles. The lowest BCUT2D eigenvalue weighted by molar-refractivity contribution is -0.122. The normalized spacial score (nSPS) is 23.2. The van der Waals surface area contributed by atoms with Gasteiger partial charge in [0.2, 0.25) is 5.91 Å². The highest BCUT2D eigenvalue weighted by Gasteiger charge is 2.23. The molecule has 6 heteroatoms. The molecule has 128 valence electrons. The van der Waals surface area contributed by atoms with E-state index in [4.69, 9.17) is 4.74 Å². The van der Waals surface area contributed by atoms with Crippen molar-refractivity contribution in [3.63, 3.8) is 0 Å². The largest absolute Gasteiger partial charge is 0.377 e. The zero-order chi connectivity index (χ0) is 15.9. The first-order chi connectivity index (χ1) is 11.3. The smallest absolute Gasteiger partial charge is 0.234 e. The van der Waals surface area contributed by atoms with Gasteiger partial charge in [0.05, 0.1) is 12.6 Å². The standard InChI is InChI=1S/C17H27N3O2S/c21-17(18-5-3-15-4-11-23-14-15)13-20-8-6-19(7-9-20)12-16-2-1-10-22-16/h4,11,14,16H,1-3,5-10,12-13H2,(H,18,21)/t16-/m1/s1. The minimum atomic E-state index is 0.146. The summed E-state index contributed by atoms with van der Waals surface area (Å²) in [6.07, 6.45) is 3.76. The van der Waals surface area contributed by atoms with Crippen LogP contribution in [0, 0.1) is 0 Å². The van der Waals surface area contributed by atoms with Crippen molar-refractivity contribution in [3.8, 4) is 0 Å². The number of hydrogen-bond acceptors (Lipinski definition) is 5. The topological polar surface area (TPSA) is 44.8 Å². The summed E-state index contributed by atoms with van der Waals surface area (Å²) in [5.74, 6) is 0.146. The SMILES string of the molecule is O=C(CN1CCN(C[C@H]2CCCO2)CC1)NCCc1ccsc1. The molecule has 0 radical (unpaired) electrons. The Morgan fingerprint density at radius 3 is 2.83 bits per heavy atom. The molecule has 1 aromatic heterocycles. The zero-order valence-corrected chi connectivity index (χ0v) is 14.5. The summed E-state index contributed by atoms with van der Waals surface area (Å²) < 4.78 is 5.70. The van der Waals surface area contributed by atoms with E-state index in [-0.39, 0.29) is 5.91 Å². The van der Waals surface area contributed by atoms with Gasteiger partial charge in [-0.25, -0.2) is 0 Å². The van der Waals surface area contributed by atoms with E-state index in [1.807, 2.05) is 0 Å². The summed E-state index contributed by atoms with van der Waals surface area (Å²) in [6.45, 7) is 7.28. The molecule has 0 saturated carbocycles. The summed E-state index contributed by atoms with van der Waals surface area (Å²) in [7, 11) is 0. The van der Waals surface area contributed by atoms with Crippen molar-refractivity contribution in [1.29, 1.82) is 0 Å². The van der Waals surface area contributed by atoms with Gasteiger partial charge in [-0.15, -0.1) is 0 Å². The molecule has 2 aliphatic rings. The van der Waals surface area contributed by atoms with Crippen molar-refractivity contribution < 1.29 is 9.53 Å². The van der Waals surface area contributed by atoms with Crippen molar-refractivity contribution >= 4 is 17.2 Å². The van der Waals surface area contributed by atoms with Gasteiger partial charge >= 0.3 is 0 Å². The van der Waals surface area contributed by atoms with E-state index in [2.05, 4.69) is 31.9 Å². The van der Waals surface area contributed by atoms with Crippen molar-refractivity contribution in [2.75, 3.05) is 52.4 Å². The van der Waals surface area contributed by atoms with Crippen molar-refractivity contribution in [2.24, 2.45) is 0 Å². The average Bonchev–Trinajstić information content (AvgIpc) is 3.23. The van der Waals surface area contributed by atoms with E-state index < -0.39 is 0 Å². The van der Waals surface area contributed by atoms with Crippen molar-refractivity contribution in [2.45, 2.75) is 25.4 Å². The minimum absolute atomic E-state index is 0.146. The molecule has 1 N–H and O–H groups in total. The Kier molecular flexibility index (Phi) is 6.45. The van der Waals surface area contributed by atoms with Gasteiger partial charge in [0.1, 0.15) is 0 Å². The van der Waals surface area contributed by atoms with Crippen LogP contribution in [0.5, 0.6) is 0 Å². The monoisotopic (exact) mass is 337 g/mol. The summed E-state index contributed by atoms with van der Waals surface area (Å²) in [6, 6.07) is 2.12. The van der Waals surface area contributed by atoms with Gasteiger partial charge in [-0.2, -0.15) is 11.3 Å². The van der Waals surface area contributed by atoms with Crippen LogP contribution in [0.2, 0.25) is 0 Å². The van der Waals surface area contributed by atoms with Crippen LogP contribution in [-0.4, -0.2) is 74.2 Å². The summed E-state index contributed by atoms with van der Waals surface area (Å²) in [4.78, 5) is 16.7. The first-order valence-corrected chi connectivity index (χ1v) is 9.58. The first kappa shape index (κ1) is 16.9. The van der Waals surface area contributed by atoms with Gasteiger partial charge in [-0.3, -0.25) is 14.6 Å². The van der Waals surface area contributed by atoms with Gasteiger partial charge in [0, 0.05) is 45.9 Å². The Morgan fingerprint density at radius 2 is 2.13 bits per heavy atom. The summed E-state index contributed by atoms with van der Waals surface area (Å²) in [5, 5.41) is 7.24. The fourth-order valence-electron chi connectivity index (χ4n) is 3.25. The number of carbonyl (C=O) groups excluding carboxylic acids is 1. The Hall–Kier alpha value is -0.950. The molecule has 23 heavy (non-hydrogen) atoms. The molecular weight excluding hydrogens is 310 g/mol. The third kappa shape index (κ3) is 5.57. The molecule has 0 bridgehead atoms. The second-order valence-electron chi connectivity index (χ2n) is 6.44. The maximum Gasteiger partial charge on any atom is 0.234 e. The van der Waals surface area contributed by atoms with Crippen LogP contribution in [0.3, 0.4) is 0 Å². The predicted octanol–water partition coefficient (Wildman–Crippen LogP) is 1.20. The molecule has 3 heterocycles. The second-order valence-corrected chi connectivity index (χ2v) is 7.22. The van der Waals surface area contributed by atoms with Crippen LogP contribution in [-0.2, 0) is 16.0 Å². The maximum absolute atomic E-state index is 12.0. The fraction of sp³-hybridized carbons (Fsp3) is 0.706. The number of ether oxygens (including phenoxy) is 1. The van der Waals surface area contributed by atoms with Crippen LogP contribution in [0.25, 0.3) is 0 Å². The molecule has 3 rings (SSSR count). The molecule has 1 amide bonds. The van der Waals surface area contributed by atoms with Crippen LogP contribution in [0.15, 0.2) is 16.8 Å². The van der Waals surface area contributed by atoms with E-state index in [9.17, 15) is 4.79 Å². The highest BCUT2D eigenvalue weighted by molar-refractivity contribution is 7.07. The molecule has 2 aliphatic heterocycles.